The molecule has 0 heterocycles. The molecule has 4 nitrogen and oxygen atoms in total. The van der Waals surface area contributed by atoms with E-state index in [-0.39, 0.29) is 5.78 Å². The third kappa shape index (κ3) is 6.48. The summed E-state index contributed by atoms with van der Waals surface area (Å²) in [6.07, 6.45) is 0.236. The average Bonchev–Trinajstić information content (AvgIpc) is 2.38. The molecule has 0 aliphatic carbocycles. The molecule has 0 unspecified atom stereocenters. The molecule has 0 atom stereocenters. The Kier molecular flexibility index (Phi) is 6.42. The van der Waals surface area contributed by atoms with Crippen LogP contribution in [-0.2, 0) is 16.0 Å². The SMILES string of the molecule is Cc1cc(CC(=O)CCN(C)C(=O)OC(C)(C)C)ccc1Cl. The van der Waals surface area contributed by atoms with Crippen molar-refractivity contribution in [3.05, 3.63) is 34.3 Å². The molecule has 22 heavy (non-hydrogen) atoms. The molecule has 0 spiro atoms. The zero-order valence-electron chi connectivity index (χ0n) is 13.9. The molecule has 0 aliphatic heterocycles. The fourth-order valence-electron chi connectivity index (χ4n) is 1.86. The number of hydrogen-bond donors (Lipinski definition) is 0. The number of ketones is 1. The van der Waals surface area contributed by atoms with Crippen molar-refractivity contribution in [3.63, 3.8) is 0 Å². The highest BCUT2D eigenvalue weighted by Crippen LogP contribution is 2.17. The first-order chi connectivity index (χ1) is 10.1. The number of ether oxygens (including phenoxy) is 1. The van der Waals surface area contributed by atoms with Crippen LogP contribution in [-0.4, -0.2) is 36.0 Å². The third-order valence-electron chi connectivity index (χ3n) is 3.05. The molecule has 1 aromatic carbocycles. The van der Waals surface area contributed by atoms with Crippen LogP contribution in [0.15, 0.2) is 18.2 Å². The predicted molar refractivity (Wildman–Crippen MR) is 88.4 cm³/mol. The zero-order chi connectivity index (χ0) is 16.9. The smallest absolute Gasteiger partial charge is 0.410 e. The summed E-state index contributed by atoms with van der Waals surface area (Å²) in [4.78, 5) is 25.2. The average molecular weight is 326 g/mol. The minimum absolute atomic E-state index is 0.0807. The van der Waals surface area contributed by atoms with Crippen molar-refractivity contribution >= 4 is 23.5 Å². The molecule has 1 rings (SSSR count). The second-order valence-electron chi connectivity index (χ2n) is 6.45. The second kappa shape index (κ2) is 7.63. The van der Waals surface area contributed by atoms with Gasteiger partial charge in [0, 0.05) is 31.5 Å². The van der Waals surface area contributed by atoms with Crippen LogP contribution in [0.1, 0.15) is 38.3 Å². The van der Waals surface area contributed by atoms with Gasteiger partial charge in [-0.15, -0.1) is 0 Å². The maximum Gasteiger partial charge on any atom is 0.410 e. The number of hydrogen-bond acceptors (Lipinski definition) is 3. The van der Waals surface area contributed by atoms with Crippen LogP contribution in [0.3, 0.4) is 0 Å². The summed E-state index contributed by atoms with van der Waals surface area (Å²) >= 11 is 5.96. The zero-order valence-corrected chi connectivity index (χ0v) is 14.7. The van der Waals surface area contributed by atoms with Crippen LogP contribution < -0.4 is 0 Å². The fraction of sp³-hybridized carbons (Fsp3) is 0.529. The van der Waals surface area contributed by atoms with Crippen molar-refractivity contribution in [2.75, 3.05) is 13.6 Å². The Hall–Kier alpha value is -1.55. The third-order valence-corrected chi connectivity index (χ3v) is 3.48. The van der Waals surface area contributed by atoms with Crippen LogP contribution in [0.4, 0.5) is 4.79 Å². The number of aryl methyl sites for hydroxylation is 1. The quantitative estimate of drug-likeness (QED) is 0.821. The number of carbonyl (C=O) groups excluding carboxylic acids is 2. The van der Waals surface area contributed by atoms with Gasteiger partial charge in [-0.25, -0.2) is 4.79 Å². The summed E-state index contributed by atoms with van der Waals surface area (Å²) in [6.45, 7) is 7.69. The summed E-state index contributed by atoms with van der Waals surface area (Å²) in [5.41, 5.74) is 1.36. The van der Waals surface area contributed by atoms with Crippen molar-refractivity contribution < 1.29 is 14.3 Å². The van der Waals surface area contributed by atoms with Gasteiger partial charge < -0.3 is 9.64 Å². The first-order valence-corrected chi connectivity index (χ1v) is 7.67. The monoisotopic (exact) mass is 325 g/mol. The van der Waals surface area contributed by atoms with Gasteiger partial charge in [0.2, 0.25) is 0 Å². The Morgan fingerprint density at radius 2 is 1.91 bits per heavy atom. The molecule has 5 heteroatoms. The van der Waals surface area contributed by atoms with Crippen LogP contribution in [0.25, 0.3) is 0 Å². The van der Waals surface area contributed by atoms with E-state index in [4.69, 9.17) is 16.3 Å². The van der Waals surface area contributed by atoms with Gasteiger partial charge in [0.1, 0.15) is 11.4 Å². The molecule has 0 bridgehead atoms. The number of nitrogens with zero attached hydrogens (tertiary/aromatic N) is 1. The Morgan fingerprint density at radius 3 is 2.45 bits per heavy atom. The maximum absolute atomic E-state index is 12.0. The molecule has 0 aromatic heterocycles. The Morgan fingerprint density at radius 1 is 1.27 bits per heavy atom. The maximum atomic E-state index is 12.0. The lowest BCUT2D eigenvalue weighted by atomic mass is 10.0. The highest BCUT2D eigenvalue weighted by molar-refractivity contribution is 6.31. The number of halogens is 1. The number of benzene rings is 1. The molecule has 122 valence electrons. The molecule has 0 radical (unpaired) electrons. The first kappa shape index (κ1) is 18.5. The van der Waals surface area contributed by atoms with E-state index in [1.807, 2.05) is 39.8 Å². The summed E-state index contributed by atoms with van der Waals surface area (Å²) in [7, 11) is 1.63. The number of Topliss-reactive ketones (excluding diaryl/α,β-unsaturated/α-hetero) is 1. The van der Waals surface area contributed by atoms with Crippen molar-refractivity contribution in [2.24, 2.45) is 0 Å². The normalized spacial score (nSPS) is 11.2. The van der Waals surface area contributed by atoms with E-state index in [0.717, 1.165) is 11.1 Å². The molecule has 0 N–H and O–H groups in total. The Labute approximate surface area is 137 Å². The minimum atomic E-state index is -0.532. The molecule has 0 fully saturated rings. The largest absolute Gasteiger partial charge is 0.444 e. The molecule has 0 saturated heterocycles. The van der Waals surface area contributed by atoms with Gasteiger partial charge in [-0.05, 0) is 44.9 Å². The highest BCUT2D eigenvalue weighted by atomic mass is 35.5. The lowest BCUT2D eigenvalue weighted by Gasteiger charge is -2.24. The van der Waals surface area contributed by atoms with E-state index < -0.39 is 11.7 Å². The number of carbonyl (C=O) groups is 2. The molecule has 0 aliphatic rings. The number of amides is 1. The van der Waals surface area contributed by atoms with Crippen LogP contribution in [0.2, 0.25) is 5.02 Å². The van der Waals surface area contributed by atoms with E-state index in [2.05, 4.69) is 0 Å². The lowest BCUT2D eigenvalue weighted by molar-refractivity contribution is -0.118. The van der Waals surface area contributed by atoms with Crippen molar-refractivity contribution in [3.8, 4) is 0 Å². The standard InChI is InChI=1S/C17H24ClNO3/c1-12-10-13(6-7-15(12)18)11-14(20)8-9-19(5)16(21)22-17(2,3)4/h6-7,10H,8-9,11H2,1-5H3. The highest BCUT2D eigenvalue weighted by Gasteiger charge is 2.19. The van der Waals surface area contributed by atoms with Gasteiger partial charge in [0.15, 0.2) is 0 Å². The fourth-order valence-corrected chi connectivity index (χ4v) is 1.97. The minimum Gasteiger partial charge on any atom is -0.444 e. The van der Waals surface area contributed by atoms with Gasteiger partial charge in [0.05, 0.1) is 0 Å². The Balaban J connectivity index is 2.45. The van der Waals surface area contributed by atoms with E-state index in [1.54, 1.807) is 13.1 Å². The van der Waals surface area contributed by atoms with Crippen molar-refractivity contribution in [2.45, 2.75) is 46.1 Å². The van der Waals surface area contributed by atoms with E-state index >= 15 is 0 Å². The second-order valence-corrected chi connectivity index (χ2v) is 6.86. The lowest BCUT2D eigenvalue weighted by Crippen LogP contribution is -2.35. The topological polar surface area (TPSA) is 46.6 Å². The van der Waals surface area contributed by atoms with Gasteiger partial charge in [-0.2, -0.15) is 0 Å². The van der Waals surface area contributed by atoms with Crippen LogP contribution in [0.5, 0.6) is 0 Å². The molecular weight excluding hydrogens is 302 g/mol. The summed E-state index contributed by atoms with van der Waals surface area (Å²) in [5, 5.41) is 0.695. The van der Waals surface area contributed by atoms with Crippen LogP contribution >= 0.6 is 11.6 Å². The molecule has 0 saturated carbocycles. The van der Waals surface area contributed by atoms with Crippen molar-refractivity contribution in [1.29, 1.82) is 0 Å². The van der Waals surface area contributed by atoms with E-state index in [9.17, 15) is 9.59 Å². The van der Waals surface area contributed by atoms with Gasteiger partial charge in [-0.3, -0.25) is 4.79 Å². The predicted octanol–water partition coefficient (Wildman–Crippen LogP) is 4.02. The summed E-state index contributed by atoms with van der Waals surface area (Å²) in [6, 6.07) is 5.56. The summed E-state index contributed by atoms with van der Waals surface area (Å²) in [5.74, 6) is 0.0807. The Bertz CT molecular complexity index is 549. The van der Waals surface area contributed by atoms with Gasteiger partial charge in [0.25, 0.3) is 0 Å². The van der Waals surface area contributed by atoms with Gasteiger partial charge in [-0.1, -0.05) is 23.7 Å². The van der Waals surface area contributed by atoms with Crippen LogP contribution in [0, 0.1) is 6.92 Å². The molecule has 1 amide bonds. The van der Waals surface area contributed by atoms with Crippen molar-refractivity contribution in [1.82, 2.24) is 4.90 Å². The van der Waals surface area contributed by atoms with Gasteiger partial charge >= 0.3 is 6.09 Å². The van der Waals surface area contributed by atoms with E-state index in [1.165, 1.54) is 4.90 Å². The first-order valence-electron chi connectivity index (χ1n) is 7.29. The molecule has 1 aromatic rings. The van der Waals surface area contributed by atoms with E-state index in [0.29, 0.717) is 24.4 Å². The summed E-state index contributed by atoms with van der Waals surface area (Å²) < 4.78 is 5.24. The molecular formula is C17H24ClNO3. The number of rotatable bonds is 5.